The SMILES string of the molecule is CCCCCCCC(CNCCC)c1ccc(Cl)cc1. The second-order valence-corrected chi connectivity index (χ2v) is 6.09. The van der Waals surface area contributed by atoms with Crippen molar-refractivity contribution in [2.24, 2.45) is 0 Å². The van der Waals surface area contributed by atoms with E-state index in [9.17, 15) is 0 Å². The topological polar surface area (TPSA) is 12.0 Å². The number of hydrogen-bond acceptors (Lipinski definition) is 1. The van der Waals surface area contributed by atoms with E-state index >= 15 is 0 Å². The van der Waals surface area contributed by atoms with E-state index in [4.69, 9.17) is 11.6 Å². The van der Waals surface area contributed by atoms with Crippen molar-refractivity contribution in [1.29, 1.82) is 0 Å². The minimum atomic E-state index is 0.625. The third-order valence-electron chi connectivity index (χ3n) is 3.82. The molecule has 0 aliphatic carbocycles. The van der Waals surface area contributed by atoms with Gasteiger partial charge in [0.2, 0.25) is 0 Å². The van der Waals surface area contributed by atoms with E-state index in [0.717, 1.165) is 18.1 Å². The molecule has 0 heterocycles. The van der Waals surface area contributed by atoms with Crippen LogP contribution in [0.25, 0.3) is 0 Å². The summed E-state index contributed by atoms with van der Waals surface area (Å²) in [5, 5.41) is 4.40. The summed E-state index contributed by atoms with van der Waals surface area (Å²) < 4.78 is 0. The van der Waals surface area contributed by atoms with Crippen molar-refractivity contribution in [2.75, 3.05) is 13.1 Å². The third kappa shape index (κ3) is 7.31. The summed E-state index contributed by atoms with van der Waals surface area (Å²) in [6, 6.07) is 8.40. The molecule has 0 spiro atoms. The first-order valence-electron chi connectivity index (χ1n) is 8.24. The van der Waals surface area contributed by atoms with E-state index in [1.165, 1.54) is 50.5 Å². The lowest BCUT2D eigenvalue weighted by atomic mass is 9.92. The Hall–Kier alpha value is -0.530. The first-order valence-corrected chi connectivity index (χ1v) is 8.61. The fourth-order valence-corrected chi connectivity index (χ4v) is 2.69. The summed E-state index contributed by atoms with van der Waals surface area (Å²) in [5.74, 6) is 0.625. The molecule has 0 aliphatic heterocycles. The van der Waals surface area contributed by atoms with Gasteiger partial charge in [-0.3, -0.25) is 0 Å². The molecule has 114 valence electrons. The Morgan fingerprint density at radius 1 is 0.950 bits per heavy atom. The maximum Gasteiger partial charge on any atom is 0.0406 e. The summed E-state index contributed by atoms with van der Waals surface area (Å²) in [6.07, 6.45) is 9.25. The van der Waals surface area contributed by atoms with Crippen LogP contribution in [0.5, 0.6) is 0 Å². The van der Waals surface area contributed by atoms with Crippen LogP contribution in [0.3, 0.4) is 0 Å². The van der Waals surface area contributed by atoms with Gasteiger partial charge in [-0.15, -0.1) is 0 Å². The Morgan fingerprint density at radius 3 is 2.30 bits per heavy atom. The lowest BCUT2D eigenvalue weighted by molar-refractivity contribution is 0.509. The molecule has 0 aromatic heterocycles. The summed E-state index contributed by atoms with van der Waals surface area (Å²) in [7, 11) is 0. The molecule has 1 nitrogen and oxygen atoms in total. The molecule has 1 unspecified atom stereocenters. The monoisotopic (exact) mass is 295 g/mol. The number of halogens is 1. The zero-order valence-corrected chi connectivity index (χ0v) is 13.9. The van der Waals surface area contributed by atoms with Crippen LogP contribution in [0, 0.1) is 0 Å². The average molecular weight is 296 g/mol. The maximum atomic E-state index is 5.99. The van der Waals surface area contributed by atoms with Gasteiger partial charge in [-0.25, -0.2) is 0 Å². The lowest BCUT2D eigenvalue weighted by Crippen LogP contribution is -2.22. The lowest BCUT2D eigenvalue weighted by Gasteiger charge is -2.18. The van der Waals surface area contributed by atoms with Crippen LogP contribution in [0.4, 0.5) is 0 Å². The summed E-state index contributed by atoms with van der Waals surface area (Å²) in [6.45, 7) is 6.68. The van der Waals surface area contributed by atoms with Crippen LogP contribution in [0.1, 0.15) is 70.3 Å². The third-order valence-corrected chi connectivity index (χ3v) is 4.07. The van der Waals surface area contributed by atoms with Crippen molar-refractivity contribution >= 4 is 11.6 Å². The Bertz CT molecular complexity index is 334. The highest BCUT2D eigenvalue weighted by Crippen LogP contribution is 2.24. The second kappa shape index (κ2) is 11.2. The van der Waals surface area contributed by atoms with E-state index in [0.29, 0.717) is 5.92 Å². The minimum absolute atomic E-state index is 0.625. The van der Waals surface area contributed by atoms with Crippen molar-refractivity contribution in [2.45, 2.75) is 64.7 Å². The summed E-state index contributed by atoms with van der Waals surface area (Å²) >= 11 is 5.99. The number of unbranched alkanes of at least 4 members (excludes halogenated alkanes) is 4. The first kappa shape index (κ1) is 17.5. The molecular weight excluding hydrogens is 266 g/mol. The molecule has 1 rings (SSSR count). The molecule has 0 fully saturated rings. The number of hydrogen-bond donors (Lipinski definition) is 1. The minimum Gasteiger partial charge on any atom is -0.316 e. The van der Waals surface area contributed by atoms with Crippen molar-refractivity contribution in [3.63, 3.8) is 0 Å². The van der Waals surface area contributed by atoms with E-state index in [2.05, 4.69) is 31.3 Å². The van der Waals surface area contributed by atoms with E-state index in [1.807, 2.05) is 12.1 Å². The molecule has 20 heavy (non-hydrogen) atoms. The molecule has 0 amide bonds. The maximum absolute atomic E-state index is 5.99. The van der Waals surface area contributed by atoms with Crippen molar-refractivity contribution < 1.29 is 0 Å². The van der Waals surface area contributed by atoms with E-state index in [-0.39, 0.29) is 0 Å². The standard InChI is InChI=1S/C18H30ClN/c1-3-5-6-7-8-9-17(15-20-14-4-2)16-10-12-18(19)13-11-16/h10-13,17,20H,3-9,14-15H2,1-2H3. The highest BCUT2D eigenvalue weighted by molar-refractivity contribution is 6.30. The van der Waals surface area contributed by atoms with Gasteiger partial charge in [-0.2, -0.15) is 0 Å². The number of benzene rings is 1. The van der Waals surface area contributed by atoms with E-state index in [1.54, 1.807) is 0 Å². The average Bonchev–Trinajstić information content (AvgIpc) is 2.46. The molecule has 0 saturated carbocycles. The molecule has 1 atom stereocenters. The summed E-state index contributed by atoms with van der Waals surface area (Å²) in [4.78, 5) is 0. The van der Waals surface area contributed by atoms with Crippen LogP contribution >= 0.6 is 11.6 Å². The smallest absolute Gasteiger partial charge is 0.0406 e. The van der Waals surface area contributed by atoms with Crippen LogP contribution < -0.4 is 5.32 Å². The summed E-state index contributed by atoms with van der Waals surface area (Å²) in [5.41, 5.74) is 1.42. The molecule has 0 radical (unpaired) electrons. The molecule has 1 N–H and O–H groups in total. The molecular formula is C18H30ClN. The Balaban J connectivity index is 2.44. The molecule has 1 aromatic rings. The molecule has 1 aromatic carbocycles. The first-order chi connectivity index (χ1) is 9.77. The predicted molar refractivity (Wildman–Crippen MR) is 90.7 cm³/mol. The van der Waals surface area contributed by atoms with Crippen molar-refractivity contribution in [1.82, 2.24) is 5.32 Å². The fourth-order valence-electron chi connectivity index (χ4n) is 2.57. The quantitative estimate of drug-likeness (QED) is 0.510. The van der Waals surface area contributed by atoms with Crippen molar-refractivity contribution in [3.05, 3.63) is 34.9 Å². The van der Waals surface area contributed by atoms with Gasteiger partial charge in [-0.1, -0.05) is 69.7 Å². The van der Waals surface area contributed by atoms with Crippen LogP contribution in [0.15, 0.2) is 24.3 Å². The van der Waals surface area contributed by atoms with Gasteiger partial charge in [0.05, 0.1) is 0 Å². The number of rotatable bonds is 11. The van der Waals surface area contributed by atoms with Gasteiger partial charge in [0.1, 0.15) is 0 Å². The molecule has 0 saturated heterocycles. The molecule has 0 aliphatic rings. The molecule has 0 bridgehead atoms. The Kier molecular flexibility index (Phi) is 9.78. The van der Waals surface area contributed by atoms with Gasteiger partial charge in [0.15, 0.2) is 0 Å². The van der Waals surface area contributed by atoms with Crippen LogP contribution in [0.2, 0.25) is 5.02 Å². The largest absolute Gasteiger partial charge is 0.316 e. The van der Waals surface area contributed by atoms with Crippen LogP contribution in [-0.4, -0.2) is 13.1 Å². The second-order valence-electron chi connectivity index (χ2n) is 5.66. The van der Waals surface area contributed by atoms with Gasteiger partial charge in [0.25, 0.3) is 0 Å². The number of nitrogens with one attached hydrogen (secondary N) is 1. The van der Waals surface area contributed by atoms with E-state index < -0.39 is 0 Å². The molecule has 2 heteroatoms. The van der Waals surface area contributed by atoms with Gasteiger partial charge >= 0.3 is 0 Å². The van der Waals surface area contributed by atoms with Crippen molar-refractivity contribution in [3.8, 4) is 0 Å². The Labute approximate surface area is 130 Å². The Morgan fingerprint density at radius 2 is 1.65 bits per heavy atom. The highest BCUT2D eigenvalue weighted by Gasteiger charge is 2.10. The normalized spacial score (nSPS) is 12.6. The van der Waals surface area contributed by atoms with Gasteiger partial charge in [-0.05, 0) is 43.0 Å². The van der Waals surface area contributed by atoms with Crippen LogP contribution in [-0.2, 0) is 0 Å². The fraction of sp³-hybridized carbons (Fsp3) is 0.667. The predicted octanol–water partition coefficient (Wildman–Crippen LogP) is 5.78. The van der Waals surface area contributed by atoms with Gasteiger partial charge in [0, 0.05) is 11.6 Å². The van der Waals surface area contributed by atoms with Gasteiger partial charge < -0.3 is 5.32 Å². The zero-order valence-electron chi connectivity index (χ0n) is 13.1. The highest BCUT2D eigenvalue weighted by atomic mass is 35.5. The zero-order chi connectivity index (χ0) is 14.6.